The quantitative estimate of drug-likeness (QED) is 0.423. The van der Waals surface area contributed by atoms with E-state index in [4.69, 9.17) is 9.47 Å². The van der Waals surface area contributed by atoms with Gasteiger partial charge < -0.3 is 9.47 Å². The first-order valence-electron chi connectivity index (χ1n) is 8.01. The summed E-state index contributed by atoms with van der Waals surface area (Å²) in [4.78, 5) is 23.1. The van der Waals surface area contributed by atoms with E-state index in [-0.39, 0.29) is 11.6 Å². The second-order valence-corrected chi connectivity index (χ2v) is 6.78. The van der Waals surface area contributed by atoms with Crippen LogP contribution in [0.1, 0.15) is 15.2 Å². The van der Waals surface area contributed by atoms with Gasteiger partial charge in [0, 0.05) is 22.2 Å². The lowest BCUT2D eigenvalue weighted by Gasteiger charge is -2.18. The number of hydrazone groups is 1. The SMILES string of the molecule is O=C(N/N=C\c1ccc2c(c1)OCCO2)c1cc2cc([N+](=O)[O-])ccc2s1. The van der Waals surface area contributed by atoms with Gasteiger partial charge in [-0.3, -0.25) is 14.9 Å². The number of nitro groups is 1. The van der Waals surface area contributed by atoms with E-state index < -0.39 is 4.92 Å². The number of carbonyl (C=O) groups is 1. The van der Waals surface area contributed by atoms with Crippen LogP contribution in [0.5, 0.6) is 11.5 Å². The molecule has 136 valence electrons. The number of rotatable bonds is 4. The van der Waals surface area contributed by atoms with Gasteiger partial charge in [-0.1, -0.05) is 0 Å². The van der Waals surface area contributed by atoms with Crippen molar-refractivity contribution in [3.05, 3.63) is 63.0 Å². The standard InChI is InChI=1S/C18H13N3O5S/c22-18(17-9-12-8-13(21(23)24)2-4-16(12)27-17)20-19-10-11-1-3-14-15(7-11)26-6-5-25-14/h1-4,7-10H,5-6H2,(H,20,22)/b19-10-. The Labute approximate surface area is 157 Å². The van der Waals surface area contributed by atoms with Gasteiger partial charge >= 0.3 is 0 Å². The van der Waals surface area contributed by atoms with Crippen LogP contribution in [0.3, 0.4) is 0 Å². The summed E-state index contributed by atoms with van der Waals surface area (Å²) in [5, 5.41) is 15.5. The normalized spacial score (nSPS) is 13.0. The van der Waals surface area contributed by atoms with Gasteiger partial charge in [0.25, 0.3) is 11.6 Å². The number of fused-ring (bicyclic) bond motifs is 2. The van der Waals surface area contributed by atoms with E-state index in [1.54, 1.807) is 24.3 Å². The molecule has 1 amide bonds. The number of nitrogens with zero attached hydrogens (tertiary/aromatic N) is 2. The third-order valence-corrected chi connectivity index (χ3v) is 5.00. The molecular weight excluding hydrogens is 370 g/mol. The lowest BCUT2D eigenvalue weighted by Crippen LogP contribution is -2.16. The van der Waals surface area contributed by atoms with Gasteiger partial charge in [-0.05, 0) is 35.9 Å². The molecule has 1 aliphatic rings. The molecule has 0 radical (unpaired) electrons. The summed E-state index contributed by atoms with van der Waals surface area (Å²) in [5.41, 5.74) is 3.21. The maximum atomic E-state index is 12.3. The number of nitro benzene ring substituents is 1. The number of benzene rings is 2. The van der Waals surface area contributed by atoms with Crippen molar-refractivity contribution < 1.29 is 19.2 Å². The lowest BCUT2D eigenvalue weighted by molar-refractivity contribution is -0.384. The molecule has 9 heteroatoms. The van der Waals surface area contributed by atoms with Gasteiger partial charge in [0.15, 0.2) is 11.5 Å². The molecule has 1 aromatic heterocycles. The predicted molar refractivity (Wildman–Crippen MR) is 101 cm³/mol. The summed E-state index contributed by atoms with van der Waals surface area (Å²) in [6.07, 6.45) is 1.51. The Hall–Kier alpha value is -3.46. The Morgan fingerprint density at radius 1 is 1.15 bits per heavy atom. The Balaban J connectivity index is 1.46. The third kappa shape index (κ3) is 3.58. The molecule has 1 N–H and O–H groups in total. The fourth-order valence-corrected chi connectivity index (χ4v) is 3.55. The van der Waals surface area contributed by atoms with Gasteiger partial charge in [0.05, 0.1) is 16.0 Å². The molecule has 0 spiro atoms. The lowest BCUT2D eigenvalue weighted by atomic mass is 10.2. The van der Waals surface area contributed by atoms with E-state index in [0.717, 1.165) is 10.3 Å². The molecule has 0 bridgehead atoms. The molecule has 4 rings (SSSR count). The number of hydrogen-bond acceptors (Lipinski definition) is 7. The minimum Gasteiger partial charge on any atom is -0.486 e. The minimum absolute atomic E-state index is 0.0103. The molecule has 8 nitrogen and oxygen atoms in total. The highest BCUT2D eigenvalue weighted by atomic mass is 32.1. The maximum absolute atomic E-state index is 12.3. The second-order valence-electron chi connectivity index (χ2n) is 5.69. The van der Waals surface area contributed by atoms with Crippen LogP contribution in [0.4, 0.5) is 5.69 Å². The number of hydrogen-bond donors (Lipinski definition) is 1. The largest absolute Gasteiger partial charge is 0.486 e. The van der Waals surface area contributed by atoms with Crippen molar-refractivity contribution in [3.63, 3.8) is 0 Å². The highest BCUT2D eigenvalue weighted by Gasteiger charge is 2.13. The van der Waals surface area contributed by atoms with Crippen LogP contribution in [-0.2, 0) is 0 Å². The first-order chi connectivity index (χ1) is 13.1. The molecule has 0 unspecified atom stereocenters. The molecular formula is C18H13N3O5S. The Kier molecular flexibility index (Phi) is 4.43. The van der Waals surface area contributed by atoms with Crippen LogP contribution in [0.25, 0.3) is 10.1 Å². The summed E-state index contributed by atoms with van der Waals surface area (Å²) in [7, 11) is 0. The fraction of sp³-hybridized carbons (Fsp3) is 0.111. The highest BCUT2D eigenvalue weighted by molar-refractivity contribution is 7.20. The van der Waals surface area contributed by atoms with Gasteiger partial charge in [0.2, 0.25) is 0 Å². The van der Waals surface area contributed by atoms with E-state index in [2.05, 4.69) is 10.5 Å². The van der Waals surface area contributed by atoms with Crippen molar-refractivity contribution in [1.29, 1.82) is 0 Å². The average molecular weight is 383 g/mol. The van der Waals surface area contributed by atoms with Crippen molar-refractivity contribution in [2.45, 2.75) is 0 Å². The van der Waals surface area contributed by atoms with E-state index in [9.17, 15) is 14.9 Å². The predicted octanol–water partition coefficient (Wildman–Crippen LogP) is 3.34. The van der Waals surface area contributed by atoms with Crippen LogP contribution in [0.2, 0.25) is 0 Å². The molecule has 0 atom stereocenters. The monoisotopic (exact) mass is 383 g/mol. The first kappa shape index (κ1) is 17.0. The Bertz CT molecular complexity index is 1080. The van der Waals surface area contributed by atoms with Gasteiger partial charge in [-0.15, -0.1) is 11.3 Å². The molecule has 27 heavy (non-hydrogen) atoms. The van der Waals surface area contributed by atoms with Crippen LogP contribution in [0.15, 0.2) is 47.6 Å². The minimum atomic E-state index is -0.464. The summed E-state index contributed by atoms with van der Waals surface area (Å²) in [5.74, 6) is 0.942. The Morgan fingerprint density at radius 2 is 1.96 bits per heavy atom. The van der Waals surface area contributed by atoms with Gasteiger partial charge in [-0.2, -0.15) is 5.10 Å². The average Bonchev–Trinajstić information content (AvgIpc) is 3.11. The van der Waals surface area contributed by atoms with Crippen molar-refractivity contribution in [1.82, 2.24) is 5.43 Å². The molecule has 1 aliphatic heterocycles. The zero-order chi connectivity index (χ0) is 18.8. The van der Waals surface area contributed by atoms with E-state index in [0.29, 0.717) is 35.0 Å². The molecule has 3 aromatic rings. The van der Waals surface area contributed by atoms with Crippen molar-refractivity contribution >= 4 is 39.2 Å². The number of ether oxygens (including phenoxy) is 2. The molecule has 2 aromatic carbocycles. The summed E-state index contributed by atoms with van der Waals surface area (Å²) >= 11 is 1.25. The molecule has 0 fully saturated rings. The van der Waals surface area contributed by atoms with Gasteiger partial charge in [0.1, 0.15) is 13.2 Å². The van der Waals surface area contributed by atoms with E-state index in [1.807, 2.05) is 6.07 Å². The first-order valence-corrected chi connectivity index (χ1v) is 8.83. The second kappa shape index (κ2) is 7.04. The molecule has 0 aliphatic carbocycles. The number of amides is 1. The smallest absolute Gasteiger partial charge is 0.281 e. The van der Waals surface area contributed by atoms with E-state index >= 15 is 0 Å². The Morgan fingerprint density at radius 3 is 2.78 bits per heavy atom. The van der Waals surface area contributed by atoms with Crippen molar-refractivity contribution in [3.8, 4) is 11.5 Å². The van der Waals surface area contributed by atoms with Crippen LogP contribution in [-0.4, -0.2) is 30.3 Å². The van der Waals surface area contributed by atoms with Crippen LogP contribution >= 0.6 is 11.3 Å². The number of carbonyl (C=O) groups excluding carboxylic acids is 1. The van der Waals surface area contributed by atoms with Crippen molar-refractivity contribution in [2.75, 3.05) is 13.2 Å². The summed E-state index contributed by atoms with van der Waals surface area (Å²) < 4.78 is 11.7. The van der Waals surface area contributed by atoms with Crippen molar-refractivity contribution in [2.24, 2.45) is 5.10 Å². The number of thiophene rings is 1. The molecule has 0 saturated heterocycles. The van der Waals surface area contributed by atoms with Crippen LogP contribution < -0.4 is 14.9 Å². The highest BCUT2D eigenvalue weighted by Crippen LogP contribution is 2.30. The fourth-order valence-electron chi connectivity index (χ4n) is 2.62. The molecule has 2 heterocycles. The third-order valence-electron chi connectivity index (χ3n) is 3.88. The van der Waals surface area contributed by atoms with Gasteiger partial charge in [-0.25, -0.2) is 5.43 Å². The summed E-state index contributed by atoms with van der Waals surface area (Å²) in [6.45, 7) is 1.02. The zero-order valence-corrected chi connectivity index (χ0v) is 14.7. The van der Waals surface area contributed by atoms with E-state index in [1.165, 1.54) is 29.7 Å². The zero-order valence-electron chi connectivity index (χ0n) is 13.9. The topological polar surface area (TPSA) is 103 Å². The number of nitrogens with one attached hydrogen (secondary N) is 1. The summed E-state index contributed by atoms with van der Waals surface area (Å²) in [6, 6.07) is 11.5. The van der Waals surface area contributed by atoms with Crippen LogP contribution in [0, 0.1) is 10.1 Å². The molecule has 0 saturated carbocycles. The maximum Gasteiger partial charge on any atom is 0.281 e. The number of non-ortho nitro benzene ring substituents is 1.